The Morgan fingerprint density at radius 2 is 2.06 bits per heavy atom. The van der Waals surface area contributed by atoms with E-state index in [0.29, 0.717) is 5.92 Å². The van der Waals surface area contributed by atoms with Crippen LogP contribution >= 0.6 is 0 Å². The van der Waals surface area contributed by atoms with Crippen LogP contribution in [0.1, 0.15) is 45.7 Å². The molecule has 4 heteroatoms. The van der Waals surface area contributed by atoms with Crippen LogP contribution in [0.15, 0.2) is 6.20 Å². The molecule has 0 saturated carbocycles. The second-order valence-electron chi connectivity index (χ2n) is 5.96. The molecule has 0 bridgehead atoms. The van der Waals surface area contributed by atoms with Crippen molar-refractivity contribution in [2.24, 2.45) is 11.8 Å². The van der Waals surface area contributed by atoms with Gasteiger partial charge in [-0.1, -0.05) is 32.4 Å². The monoisotopic (exact) mass is 250 g/mol. The van der Waals surface area contributed by atoms with E-state index < -0.39 is 0 Å². The maximum absolute atomic E-state index is 4.24. The lowest BCUT2D eigenvalue weighted by atomic mass is 9.95. The highest BCUT2D eigenvalue weighted by Crippen LogP contribution is 2.20. The molecular weight excluding hydrogens is 224 g/mol. The summed E-state index contributed by atoms with van der Waals surface area (Å²) >= 11 is 0. The van der Waals surface area contributed by atoms with Crippen molar-refractivity contribution in [2.45, 2.75) is 53.1 Å². The Morgan fingerprint density at radius 3 is 2.67 bits per heavy atom. The Balaban J connectivity index is 1.81. The van der Waals surface area contributed by atoms with E-state index in [9.17, 15) is 0 Å². The number of piperidine rings is 1. The van der Waals surface area contributed by atoms with Gasteiger partial charge in [0.05, 0.1) is 12.4 Å². The lowest BCUT2D eigenvalue weighted by Crippen LogP contribution is -2.35. The minimum atomic E-state index is 0.649. The molecule has 1 fully saturated rings. The molecule has 0 radical (unpaired) electrons. The van der Waals surface area contributed by atoms with Gasteiger partial charge in [0.15, 0.2) is 0 Å². The molecule has 0 N–H and O–H groups in total. The Morgan fingerprint density at radius 1 is 1.33 bits per heavy atom. The topological polar surface area (TPSA) is 34.0 Å². The quantitative estimate of drug-likeness (QED) is 0.805. The van der Waals surface area contributed by atoms with Crippen molar-refractivity contribution in [1.29, 1.82) is 0 Å². The SMILES string of the molecule is CCC1CCN(Cn2cc(CC(C)C)nn2)CC1. The highest BCUT2D eigenvalue weighted by atomic mass is 15.5. The normalized spacial score (nSPS) is 18.7. The number of rotatable bonds is 5. The van der Waals surface area contributed by atoms with Gasteiger partial charge in [-0.2, -0.15) is 0 Å². The third-order valence-electron chi connectivity index (χ3n) is 3.83. The molecule has 0 aromatic carbocycles. The van der Waals surface area contributed by atoms with Crippen molar-refractivity contribution < 1.29 is 0 Å². The average Bonchev–Trinajstić information content (AvgIpc) is 2.76. The molecular formula is C14H26N4. The summed E-state index contributed by atoms with van der Waals surface area (Å²) in [7, 11) is 0. The van der Waals surface area contributed by atoms with Gasteiger partial charge in [0.1, 0.15) is 0 Å². The van der Waals surface area contributed by atoms with Gasteiger partial charge in [-0.3, -0.25) is 4.90 Å². The van der Waals surface area contributed by atoms with Crippen LogP contribution in [0.3, 0.4) is 0 Å². The number of hydrogen-bond acceptors (Lipinski definition) is 3. The van der Waals surface area contributed by atoms with Crippen molar-refractivity contribution in [3.63, 3.8) is 0 Å². The molecule has 0 aliphatic carbocycles. The lowest BCUT2D eigenvalue weighted by Gasteiger charge is -2.30. The fourth-order valence-corrected chi connectivity index (χ4v) is 2.66. The van der Waals surface area contributed by atoms with E-state index in [4.69, 9.17) is 0 Å². The smallest absolute Gasteiger partial charge is 0.0946 e. The molecule has 2 heterocycles. The molecule has 0 amide bonds. The van der Waals surface area contributed by atoms with Crippen LogP contribution in [0, 0.1) is 11.8 Å². The van der Waals surface area contributed by atoms with E-state index in [2.05, 4.69) is 42.2 Å². The van der Waals surface area contributed by atoms with E-state index in [1.54, 1.807) is 0 Å². The molecule has 1 saturated heterocycles. The molecule has 1 aromatic heterocycles. The van der Waals surface area contributed by atoms with Gasteiger partial charge in [-0.05, 0) is 31.1 Å². The zero-order valence-electron chi connectivity index (χ0n) is 12.0. The molecule has 4 nitrogen and oxygen atoms in total. The summed E-state index contributed by atoms with van der Waals surface area (Å²) in [6.45, 7) is 10.1. The first-order valence-electron chi connectivity index (χ1n) is 7.28. The fourth-order valence-electron chi connectivity index (χ4n) is 2.66. The molecule has 102 valence electrons. The number of nitrogens with zero attached hydrogens (tertiary/aromatic N) is 4. The molecule has 0 atom stereocenters. The minimum absolute atomic E-state index is 0.649. The predicted molar refractivity (Wildman–Crippen MR) is 73.2 cm³/mol. The van der Waals surface area contributed by atoms with Crippen molar-refractivity contribution in [3.8, 4) is 0 Å². The molecule has 0 unspecified atom stereocenters. The molecule has 1 aromatic rings. The molecule has 0 spiro atoms. The summed E-state index contributed by atoms with van der Waals surface area (Å²) in [5.41, 5.74) is 1.12. The van der Waals surface area contributed by atoms with Crippen molar-refractivity contribution in [2.75, 3.05) is 13.1 Å². The maximum Gasteiger partial charge on any atom is 0.0946 e. The third-order valence-corrected chi connectivity index (χ3v) is 3.83. The Labute approximate surface area is 110 Å². The van der Waals surface area contributed by atoms with Gasteiger partial charge in [0.25, 0.3) is 0 Å². The summed E-state index contributed by atoms with van der Waals surface area (Å²) in [5.74, 6) is 1.59. The van der Waals surface area contributed by atoms with Gasteiger partial charge in [0, 0.05) is 19.3 Å². The first kappa shape index (κ1) is 13.5. The van der Waals surface area contributed by atoms with Gasteiger partial charge >= 0.3 is 0 Å². The van der Waals surface area contributed by atoms with E-state index in [1.165, 1.54) is 32.4 Å². The zero-order valence-corrected chi connectivity index (χ0v) is 12.0. The van der Waals surface area contributed by atoms with Gasteiger partial charge < -0.3 is 0 Å². The summed E-state index contributed by atoms with van der Waals surface area (Å²) in [5, 5.41) is 8.47. The first-order chi connectivity index (χ1) is 8.67. The summed E-state index contributed by atoms with van der Waals surface area (Å²) in [6, 6.07) is 0. The highest BCUT2D eigenvalue weighted by molar-refractivity contribution is 4.93. The van der Waals surface area contributed by atoms with E-state index in [0.717, 1.165) is 24.7 Å². The van der Waals surface area contributed by atoms with Crippen LogP contribution in [-0.2, 0) is 13.1 Å². The number of aromatic nitrogens is 3. The second-order valence-corrected chi connectivity index (χ2v) is 5.96. The van der Waals surface area contributed by atoms with Crippen LogP contribution < -0.4 is 0 Å². The van der Waals surface area contributed by atoms with E-state index >= 15 is 0 Å². The molecule has 1 aliphatic rings. The minimum Gasteiger partial charge on any atom is -0.284 e. The van der Waals surface area contributed by atoms with E-state index in [-0.39, 0.29) is 0 Å². The second kappa shape index (κ2) is 6.32. The Hall–Kier alpha value is -0.900. The number of hydrogen-bond donors (Lipinski definition) is 0. The van der Waals surface area contributed by atoms with Crippen molar-refractivity contribution in [1.82, 2.24) is 19.9 Å². The van der Waals surface area contributed by atoms with Crippen LogP contribution in [0.25, 0.3) is 0 Å². The highest BCUT2D eigenvalue weighted by Gasteiger charge is 2.18. The first-order valence-corrected chi connectivity index (χ1v) is 7.28. The standard InChI is InChI=1S/C14H26N4/c1-4-13-5-7-17(8-6-13)11-18-10-14(15-16-18)9-12(2)3/h10,12-13H,4-9,11H2,1-3H3. The van der Waals surface area contributed by atoms with Gasteiger partial charge in [-0.25, -0.2) is 4.68 Å². The summed E-state index contributed by atoms with van der Waals surface area (Å²) in [6.07, 6.45) is 7.13. The molecule has 1 aliphatic heterocycles. The maximum atomic E-state index is 4.24. The Bertz CT molecular complexity index is 350. The van der Waals surface area contributed by atoms with Crippen molar-refractivity contribution in [3.05, 3.63) is 11.9 Å². The lowest BCUT2D eigenvalue weighted by molar-refractivity contribution is 0.138. The largest absolute Gasteiger partial charge is 0.284 e. The van der Waals surface area contributed by atoms with E-state index in [1.807, 2.05) is 4.68 Å². The van der Waals surface area contributed by atoms with Gasteiger partial charge in [0.2, 0.25) is 0 Å². The molecule has 18 heavy (non-hydrogen) atoms. The van der Waals surface area contributed by atoms with Crippen LogP contribution in [0.5, 0.6) is 0 Å². The van der Waals surface area contributed by atoms with Crippen molar-refractivity contribution >= 4 is 0 Å². The summed E-state index contributed by atoms with van der Waals surface area (Å²) in [4.78, 5) is 2.49. The summed E-state index contributed by atoms with van der Waals surface area (Å²) < 4.78 is 1.99. The van der Waals surface area contributed by atoms with Crippen LogP contribution in [0.2, 0.25) is 0 Å². The third kappa shape index (κ3) is 3.80. The Kier molecular flexibility index (Phi) is 4.75. The fraction of sp³-hybridized carbons (Fsp3) is 0.857. The number of likely N-dealkylation sites (tertiary alicyclic amines) is 1. The zero-order chi connectivity index (χ0) is 13.0. The average molecular weight is 250 g/mol. The van der Waals surface area contributed by atoms with Crippen LogP contribution in [0.4, 0.5) is 0 Å². The van der Waals surface area contributed by atoms with Gasteiger partial charge in [-0.15, -0.1) is 5.10 Å². The van der Waals surface area contributed by atoms with Crippen LogP contribution in [-0.4, -0.2) is 33.0 Å². The predicted octanol–water partition coefficient (Wildman–Crippen LogP) is 2.56. The molecule has 2 rings (SSSR count).